The number of hydrogen-bond acceptors (Lipinski definition) is 3. The predicted molar refractivity (Wildman–Crippen MR) is 46.9 cm³/mol. The SMILES string of the molecule is CN(CCC=O)CC(=O)N(C)C. The molecule has 0 radical (unpaired) electrons. The van der Waals surface area contributed by atoms with Crippen LogP contribution < -0.4 is 0 Å². The van der Waals surface area contributed by atoms with Gasteiger partial charge in [-0.25, -0.2) is 0 Å². The topological polar surface area (TPSA) is 40.6 Å². The molecule has 0 N–H and O–H groups in total. The van der Waals surface area contributed by atoms with Crippen molar-refractivity contribution in [3.8, 4) is 0 Å². The first-order valence-corrected chi connectivity index (χ1v) is 3.90. The molecular weight excluding hydrogens is 156 g/mol. The minimum Gasteiger partial charge on any atom is -0.348 e. The largest absolute Gasteiger partial charge is 0.348 e. The van der Waals surface area contributed by atoms with E-state index >= 15 is 0 Å². The van der Waals surface area contributed by atoms with Crippen LogP contribution in [-0.2, 0) is 9.59 Å². The first kappa shape index (κ1) is 11.1. The van der Waals surface area contributed by atoms with Gasteiger partial charge in [-0.05, 0) is 7.05 Å². The molecule has 0 aliphatic rings. The number of likely N-dealkylation sites (N-methyl/N-ethyl adjacent to an activating group) is 2. The molecule has 0 rings (SSSR count). The maximum Gasteiger partial charge on any atom is 0.236 e. The van der Waals surface area contributed by atoms with Crippen LogP contribution in [0.5, 0.6) is 0 Å². The van der Waals surface area contributed by atoms with E-state index < -0.39 is 0 Å². The lowest BCUT2D eigenvalue weighted by Gasteiger charge is -2.17. The van der Waals surface area contributed by atoms with Gasteiger partial charge < -0.3 is 9.69 Å². The van der Waals surface area contributed by atoms with E-state index in [-0.39, 0.29) is 5.91 Å². The fourth-order valence-electron chi connectivity index (χ4n) is 0.724. The summed E-state index contributed by atoms with van der Waals surface area (Å²) in [5, 5.41) is 0. The third-order valence-corrected chi connectivity index (χ3v) is 1.53. The zero-order chi connectivity index (χ0) is 9.56. The van der Waals surface area contributed by atoms with Gasteiger partial charge in [-0.3, -0.25) is 9.69 Å². The van der Waals surface area contributed by atoms with Crippen molar-refractivity contribution in [3.63, 3.8) is 0 Å². The van der Waals surface area contributed by atoms with Crippen molar-refractivity contribution in [1.82, 2.24) is 9.80 Å². The second-order valence-electron chi connectivity index (χ2n) is 2.98. The molecule has 0 aromatic carbocycles. The molecule has 0 fully saturated rings. The van der Waals surface area contributed by atoms with Gasteiger partial charge in [-0.15, -0.1) is 0 Å². The van der Waals surface area contributed by atoms with E-state index in [4.69, 9.17) is 0 Å². The number of carbonyl (C=O) groups is 2. The number of hydrogen-bond donors (Lipinski definition) is 0. The van der Waals surface area contributed by atoms with Gasteiger partial charge in [0.25, 0.3) is 0 Å². The molecule has 12 heavy (non-hydrogen) atoms. The minimum absolute atomic E-state index is 0.0587. The third kappa shape index (κ3) is 4.85. The second-order valence-corrected chi connectivity index (χ2v) is 2.98. The van der Waals surface area contributed by atoms with Gasteiger partial charge in [0.15, 0.2) is 0 Å². The van der Waals surface area contributed by atoms with Crippen molar-refractivity contribution in [2.75, 3.05) is 34.2 Å². The first-order chi connectivity index (χ1) is 5.57. The lowest BCUT2D eigenvalue weighted by molar-refractivity contribution is -0.129. The maximum atomic E-state index is 11.1. The van der Waals surface area contributed by atoms with Crippen LogP contribution in [0.15, 0.2) is 0 Å². The monoisotopic (exact) mass is 172 g/mol. The molecule has 0 aliphatic carbocycles. The molecule has 0 unspecified atom stereocenters. The molecule has 0 aliphatic heterocycles. The van der Waals surface area contributed by atoms with Gasteiger partial charge >= 0.3 is 0 Å². The van der Waals surface area contributed by atoms with E-state index in [1.165, 1.54) is 4.90 Å². The van der Waals surface area contributed by atoms with E-state index in [0.717, 1.165) is 6.29 Å². The Morgan fingerprint density at radius 2 is 1.92 bits per heavy atom. The van der Waals surface area contributed by atoms with Crippen LogP contribution >= 0.6 is 0 Å². The summed E-state index contributed by atoms with van der Waals surface area (Å²) in [7, 11) is 5.26. The molecule has 0 saturated carbocycles. The highest BCUT2D eigenvalue weighted by Crippen LogP contribution is 1.87. The fraction of sp³-hybridized carbons (Fsp3) is 0.750. The van der Waals surface area contributed by atoms with Crippen LogP contribution in [0.3, 0.4) is 0 Å². The third-order valence-electron chi connectivity index (χ3n) is 1.53. The molecule has 0 aromatic rings. The molecule has 0 bridgehead atoms. The van der Waals surface area contributed by atoms with E-state index in [2.05, 4.69) is 0 Å². The normalized spacial score (nSPS) is 10.0. The Bertz CT molecular complexity index is 157. The zero-order valence-corrected chi connectivity index (χ0v) is 7.91. The molecule has 1 amide bonds. The van der Waals surface area contributed by atoms with Crippen molar-refractivity contribution in [2.45, 2.75) is 6.42 Å². The van der Waals surface area contributed by atoms with E-state index in [1.807, 2.05) is 11.9 Å². The predicted octanol–water partition coefficient (Wildman–Crippen LogP) is -0.405. The Balaban J connectivity index is 3.60. The van der Waals surface area contributed by atoms with Crippen LogP contribution in [-0.4, -0.2) is 56.2 Å². The summed E-state index contributed by atoms with van der Waals surface area (Å²) in [5.74, 6) is 0.0587. The van der Waals surface area contributed by atoms with Gasteiger partial charge in [0.1, 0.15) is 6.29 Å². The Labute approximate surface area is 73.1 Å². The zero-order valence-electron chi connectivity index (χ0n) is 7.91. The average Bonchev–Trinajstić information content (AvgIpc) is 2.00. The highest BCUT2D eigenvalue weighted by Gasteiger charge is 2.06. The lowest BCUT2D eigenvalue weighted by Crippen LogP contribution is -2.34. The van der Waals surface area contributed by atoms with Gasteiger partial charge in [0.05, 0.1) is 6.54 Å². The Hall–Kier alpha value is -0.900. The van der Waals surface area contributed by atoms with E-state index in [1.54, 1.807) is 14.1 Å². The number of carbonyl (C=O) groups excluding carboxylic acids is 2. The summed E-state index contributed by atoms with van der Waals surface area (Å²) in [6.07, 6.45) is 1.34. The van der Waals surface area contributed by atoms with Crippen molar-refractivity contribution in [2.24, 2.45) is 0 Å². The van der Waals surface area contributed by atoms with Crippen LogP contribution in [0.1, 0.15) is 6.42 Å². The molecule has 70 valence electrons. The van der Waals surface area contributed by atoms with Crippen LogP contribution in [0.25, 0.3) is 0 Å². The minimum atomic E-state index is 0.0587. The average molecular weight is 172 g/mol. The van der Waals surface area contributed by atoms with Gasteiger partial charge in [-0.2, -0.15) is 0 Å². The number of nitrogens with zero attached hydrogens (tertiary/aromatic N) is 2. The summed E-state index contributed by atoms with van der Waals surface area (Å²) in [6, 6.07) is 0. The second kappa shape index (κ2) is 5.71. The molecule has 0 spiro atoms. The number of amides is 1. The van der Waals surface area contributed by atoms with E-state index in [0.29, 0.717) is 19.5 Å². The maximum absolute atomic E-state index is 11.1. The van der Waals surface area contributed by atoms with Crippen molar-refractivity contribution >= 4 is 12.2 Å². The van der Waals surface area contributed by atoms with Gasteiger partial charge in [-0.1, -0.05) is 0 Å². The Morgan fingerprint density at radius 1 is 1.33 bits per heavy atom. The number of rotatable bonds is 5. The highest BCUT2D eigenvalue weighted by molar-refractivity contribution is 5.77. The standard InChI is InChI=1S/C8H16N2O2/c1-9(2)8(12)7-10(3)5-4-6-11/h6H,4-5,7H2,1-3H3. The Morgan fingerprint density at radius 3 is 2.33 bits per heavy atom. The first-order valence-electron chi connectivity index (χ1n) is 3.90. The number of aldehydes is 1. The molecule has 0 aromatic heterocycles. The fourth-order valence-corrected chi connectivity index (χ4v) is 0.724. The van der Waals surface area contributed by atoms with Crippen molar-refractivity contribution < 1.29 is 9.59 Å². The summed E-state index contributed by atoms with van der Waals surface area (Å²) >= 11 is 0. The molecule has 0 atom stereocenters. The van der Waals surface area contributed by atoms with Crippen LogP contribution in [0.2, 0.25) is 0 Å². The molecular formula is C8H16N2O2. The van der Waals surface area contributed by atoms with Crippen LogP contribution in [0, 0.1) is 0 Å². The summed E-state index contributed by atoms with van der Waals surface area (Å²) in [4.78, 5) is 24.5. The lowest BCUT2D eigenvalue weighted by atomic mass is 10.4. The summed E-state index contributed by atoms with van der Waals surface area (Å²) in [6.45, 7) is 1.02. The molecule has 0 saturated heterocycles. The molecule has 4 nitrogen and oxygen atoms in total. The quantitative estimate of drug-likeness (QED) is 0.530. The van der Waals surface area contributed by atoms with Gasteiger partial charge in [0.2, 0.25) is 5.91 Å². The molecule has 0 heterocycles. The Kier molecular flexibility index (Phi) is 5.28. The van der Waals surface area contributed by atoms with Gasteiger partial charge in [0, 0.05) is 27.1 Å². The van der Waals surface area contributed by atoms with Crippen molar-refractivity contribution in [1.29, 1.82) is 0 Å². The van der Waals surface area contributed by atoms with E-state index in [9.17, 15) is 9.59 Å². The van der Waals surface area contributed by atoms with Crippen molar-refractivity contribution in [3.05, 3.63) is 0 Å². The molecule has 4 heteroatoms. The summed E-state index contributed by atoms with van der Waals surface area (Å²) < 4.78 is 0. The van der Waals surface area contributed by atoms with Crippen LogP contribution in [0.4, 0.5) is 0 Å². The highest BCUT2D eigenvalue weighted by atomic mass is 16.2. The summed E-state index contributed by atoms with van der Waals surface area (Å²) in [5.41, 5.74) is 0. The smallest absolute Gasteiger partial charge is 0.236 e.